The highest BCUT2D eigenvalue weighted by molar-refractivity contribution is 5.56. The van der Waals surface area contributed by atoms with E-state index in [1.807, 2.05) is 12.1 Å². The molecule has 0 aliphatic heterocycles. The maximum absolute atomic E-state index is 13.9. The maximum atomic E-state index is 13.9. The van der Waals surface area contributed by atoms with Gasteiger partial charge in [-0.05, 0) is 43.7 Å². The number of halogens is 1. The third-order valence-corrected chi connectivity index (χ3v) is 3.23. The number of aromatic nitrogens is 2. The Morgan fingerprint density at radius 1 is 1.17 bits per heavy atom. The van der Waals surface area contributed by atoms with Crippen molar-refractivity contribution in [1.82, 2.24) is 9.97 Å². The second kappa shape index (κ2) is 8.99. The van der Waals surface area contributed by atoms with Crippen molar-refractivity contribution in [3.8, 4) is 5.75 Å². The van der Waals surface area contributed by atoms with Crippen LogP contribution in [0, 0.1) is 5.82 Å². The largest absolute Gasteiger partial charge is 0.491 e. The van der Waals surface area contributed by atoms with E-state index in [-0.39, 0.29) is 17.5 Å². The zero-order valence-electron chi connectivity index (χ0n) is 13.6. The van der Waals surface area contributed by atoms with E-state index in [0.29, 0.717) is 32.6 Å². The fourth-order valence-electron chi connectivity index (χ4n) is 2.01. The second-order valence-electron chi connectivity index (χ2n) is 5.08. The topological polar surface area (TPSA) is 108 Å². The average molecular weight is 335 g/mol. The van der Waals surface area contributed by atoms with Gasteiger partial charge in [0.15, 0.2) is 11.6 Å². The van der Waals surface area contributed by atoms with Crippen molar-refractivity contribution >= 4 is 17.5 Å². The summed E-state index contributed by atoms with van der Waals surface area (Å²) in [6, 6.07) is 7.23. The first-order valence-electron chi connectivity index (χ1n) is 7.64. The van der Waals surface area contributed by atoms with Crippen LogP contribution < -0.4 is 21.5 Å². The summed E-state index contributed by atoms with van der Waals surface area (Å²) in [6.45, 7) is 1.45. The first-order valence-corrected chi connectivity index (χ1v) is 7.64. The molecule has 0 bridgehead atoms. The molecule has 130 valence electrons. The molecule has 1 aromatic carbocycles. The lowest BCUT2D eigenvalue weighted by atomic mass is 10.2. The van der Waals surface area contributed by atoms with Gasteiger partial charge in [0, 0.05) is 12.8 Å². The molecular weight excluding hydrogens is 313 g/mol. The first-order chi connectivity index (χ1) is 11.6. The van der Waals surface area contributed by atoms with Crippen LogP contribution in [-0.4, -0.2) is 36.8 Å². The zero-order chi connectivity index (χ0) is 17.4. The molecule has 0 fully saturated rings. The lowest BCUT2D eigenvalue weighted by Crippen LogP contribution is -2.09. The number of nitrogens with one attached hydrogen (secondary N) is 1. The maximum Gasteiger partial charge on any atom is 0.229 e. The van der Waals surface area contributed by atoms with Crippen LogP contribution >= 0.6 is 0 Å². The van der Waals surface area contributed by atoms with E-state index < -0.39 is 5.82 Å². The summed E-state index contributed by atoms with van der Waals surface area (Å²) in [4.78, 5) is 8.09. The molecule has 0 unspecified atom stereocenters. The van der Waals surface area contributed by atoms with E-state index in [2.05, 4.69) is 15.3 Å². The highest BCUT2D eigenvalue weighted by atomic mass is 19.1. The van der Waals surface area contributed by atoms with Gasteiger partial charge >= 0.3 is 0 Å². The fraction of sp³-hybridized carbons (Fsp3) is 0.375. The highest BCUT2D eigenvalue weighted by Gasteiger charge is 2.12. The molecule has 5 N–H and O–H groups in total. The van der Waals surface area contributed by atoms with E-state index >= 15 is 0 Å². The van der Waals surface area contributed by atoms with Gasteiger partial charge in [0.25, 0.3) is 0 Å². The van der Waals surface area contributed by atoms with Gasteiger partial charge < -0.3 is 26.3 Å². The van der Waals surface area contributed by atoms with Crippen LogP contribution in [0.4, 0.5) is 21.8 Å². The van der Waals surface area contributed by atoms with Gasteiger partial charge in [-0.25, -0.2) is 9.37 Å². The molecule has 24 heavy (non-hydrogen) atoms. The quantitative estimate of drug-likeness (QED) is 0.600. The van der Waals surface area contributed by atoms with Crippen LogP contribution in [0.2, 0.25) is 0 Å². The number of nitrogen functional groups attached to an aromatic ring is 1. The van der Waals surface area contributed by atoms with Crippen molar-refractivity contribution in [2.24, 2.45) is 5.73 Å². The number of aryl methyl sites for hydroxylation is 1. The number of nitrogens with zero attached hydrogens (tertiary/aromatic N) is 2. The lowest BCUT2D eigenvalue weighted by Gasteiger charge is -2.10. The summed E-state index contributed by atoms with van der Waals surface area (Å²) >= 11 is 0. The minimum atomic E-state index is -0.587. The minimum Gasteiger partial charge on any atom is -0.491 e. The van der Waals surface area contributed by atoms with Gasteiger partial charge in [-0.1, -0.05) is 0 Å². The molecule has 8 heteroatoms. The van der Waals surface area contributed by atoms with Crippen LogP contribution in [0.15, 0.2) is 24.3 Å². The van der Waals surface area contributed by atoms with Gasteiger partial charge in [-0.15, -0.1) is 0 Å². The van der Waals surface area contributed by atoms with E-state index in [9.17, 15) is 4.39 Å². The summed E-state index contributed by atoms with van der Waals surface area (Å²) in [7, 11) is 1.62. The van der Waals surface area contributed by atoms with Crippen LogP contribution in [-0.2, 0) is 11.2 Å². The summed E-state index contributed by atoms with van der Waals surface area (Å²) in [5.74, 6) is 0.199. The number of ether oxygens (including phenoxy) is 2. The fourth-order valence-corrected chi connectivity index (χ4v) is 2.01. The molecule has 1 heterocycles. The standard InChI is InChI=1S/C16H22FN5O2/c1-23-9-10-24-12-6-4-11(5-7-12)20-16-21-13(3-2-8-18)14(17)15(19)22-16/h4-7H,2-3,8-10,18H2,1H3,(H3,19,20,21,22). The van der Waals surface area contributed by atoms with Crippen molar-refractivity contribution in [2.75, 3.05) is 37.9 Å². The van der Waals surface area contributed by atoms with Crippen molar-refractivity contribution in [2.45, 2.75) is 12.8 Å². The minimum absolute atomic E-state index is 0.181. The van der Waals surface area contributed by atoms with Gasteiger partial charge in [0.05, 0.1) is 12.3 Å². The van der Waals surface area contributed by atoms with Crippen molar-refractivity contribution in [1.29, 1.82) is 0 Å². The molecule has 0 spiro atoms. The molecule has 0 saturated heterocycles. The SMILES string of the molecule is COCCOc1ccc(Nc2nc(N)c(F)c(CCCN)n2)cc1. The Bertz CT molecular complexity index is 652. The number of nitrogens with two attached hydrogens (primary N) is 2. The van der Waals surface area contributed by atoms with E-state index in [1.165, 1.54) is 0 Å². The van der Waals surface area contributed by atoms with Crippen LogP contribution in [0.3, 0.4) is 0 Å². The van der Waals surface area contributed by atoms with Gasteiger partial charge in [-0.2, -0.15) is 4.98 Å². The normalized spacial score (nSPS) is 10.6. The number of rotatable bonds is 9. The van der Waals surface area contributed by atoms with Crippen molar-refractivity contribution in [3.63, 3.8) is 0 Å². The number of hydrogen-bond acceptors (Lipinski definition) is 7. The Balaban J connectivity index is 2.06. The van der Waals surface area contributed by atoms with E-state index in [0.717, 1.165) is 11.4 Å². The molecule has 0 aliphatic rings. The van der Waals surface area contributed by atoms with Crippen LogP contribution in [0.1, 0.15) is 12.1 Å². The molecule has 2 aromatic rings. The smallest absolute Gasteiger partial charge is 0.229 e. The average Bonchev–Trinajstić information content (AvgIpc) is 2.58. The van der Waals surface area contributed by atoms with E-state index in [1.54, 1.807) is 19.2 Å². The highest BCUT2D eigenvalue weighted by Crippen LogP contribution is 2.21. The monoisotopic (exact) mass is 335 g/mol. The molecule has 0 aliphatic carbocycles. The van der Waals surface area contributed by atoms with Gasteiger partial charge in [0.2, 0.25) is 5.95 Å². The zero-order valence-corrected chi connectivity index (χ0v) is 13.6. The summed E-state index contributed by atoms with van der Waals surface area (Å²) in [5, 5.41) is 3.00. The number of hydrogen-bond donors (Lipinski definition) is 3. The van der Waals surface area contributed by atoms with Crippen LogP contribution in [0.25, 0.3) is 0 Å². The summed E-state index contributed by atoms with van der Waals surface area (Å²) in [5.41, 5.74) is 12.1. The van der Waals surface area contributed by atoms with Crippen LogP contribution in [0.5, 0.6) is 5.75 Å². The predicted molar refractivity (Wildman–Crippen MR) is 90.9 cm³/mol. The Hall–Kier alpha value is -2.45. The molecule has 7 nitrogen and oxygen atoms in total. The van der Waals surface area contributed by atoms with Gasteiger partial charge in [0.1, 0.15) is 12.4 Å². The molecule has 1 aromatic heterocycles. The number of anilines is 3. The van der Waals surface area contributed by atoms with E-state index in [4.69, 9.17) is 20.9 Å². The summed E-state index contributed by atoms with van der Waals surface area (Å²) < 4.78 is 24.3. The third kappa shape index (κ3) is 5.04. The number of benzene rings is 1. The molecule has 2 rings (SSSR count). The second-order valence-corrected chi connectivity index (χ2v) is 5.08. The molecule has 0 saturated carbocycles. The number of methoxy groups -OCH3 is 1. The predicted octanol–water partition coefficient (Wildman–Crippen LogP) is 1.86. The van der Waals surface area contributed by atoms with Gasteiger partial charge in [-0.3, -0.25) is 0 Å². The lowest BCUT2D eigenvalue weighted by molar-refractivity contribution is 0.146. The first kappa shape index (κ1) is 17.9. The Morgan fingerprint density at radius 2 is 1.92 bits per heavy atom. The molecule has 0 radical (unpaired) electrons. The third-order valence-electron chi connectivity index (χ3n) is 3.23. The molecule has 0 amide bonds. The molecule has 0 atom stereocenters. The summed E-state index contributed by atoms with van der Waals surface area (Å²) in [6.07, 6.45) is 1.04. The van der Waals surface area contributed by atoms with Crippen molar-refractivity contribution in [3.05, 3.63) is 35.8 Å². The van der Waals surface area contributed by atoms with Crippen molar-refractivity contribution < 1.29 is 13.9 Å². The Labute approximate surface area is 140 Å². The molecular formula is C16H22FN5O2. The Morgan fingerprint density at radius 3 is 2.58 bits per heavy atom. The Kier molecular flexibility index (Phi) is 6.71.